The number of halogens is 2. The average Bonchev–Trinajstić information content (AvgIpc) is 2.90. The van der Waals surface area contributed by atoms with Gasteiger partial charge in [-0.3, -0.25) is 14.5 Å². The van der Waals surface area contributed by atoms with Crippen molar-refractivity contribution in [3.05, 3.63) is 107 Å². The molecule has 0 unspecified atom stereocenters. The molecule has 0 N–H and O–H groups in total. The lowest BCUT2D eigenvalue weighted by Gasteiger charge is -2.40. The lowest BCUT2D eigenvalue weighted by Crippen LogP contribution is -2.50. The maximum absolute atomic E-state index is 13.6. The van der Waals surface area contributed by atoms with Gasteiger partial charge in [-0.25, -0.2) is 8.78 Å². The maximum Gasteiger partial charge on any atom is 0.292 e. The monoisotopic (exact) mass is 490 g/mol. The molecule has 1 amide bonds. The molecule has 1 fully saturated rings. The molecule has 2 aliphatic rings. The first-order valence-corrected chi connectivity index (χ1v) is 11.6. The van der Waals surface area contributed by atoms with Crippen molar-refractivity contribution in [3.8, 4) is 11.5 Å². The van der Waals surface area contributed by atoms with Crippen molar-refractivity contribution in [2.75, 3.05) is 26.2 Å². The Balaban J connectivity index is 1.30. The number of fused-ring (bicyclic) bond motifs is 1. The molecule has 2 aliphatic heterocycles. The number of ether oxygens (including phenoxy) is 2. The molecule has 0 aliphatic carbocycles. The summed E-state index contributed by atoms with van der Waals surface area (Å²) in [5.74, 6) is -0.280. The largest absolute Gasteiger partial charge is 0.457 e. The van der Waals surface area contributed by atoms with Crippen molar-refractivity contribution in [1.82, 2.24) is 9.80 Å². The number of amides is 1. The highest BCUT2D eigenvalue weighted by Gasteiger charge is 2.31. The van der Waals surface area contributed by atoms with Crippen LogP contribution in [-0.2, 0) is 4.79 Å². The van der Waals surface area contributed by atoms with E-state index in [4.69, 9.17) is 9.47 Å². The van der Waals surface area contributed by atoms with E-state index in [0.29, 0.717) is 43.2 Å². The van der Waals surface area contributed by atoms with Crippen LogP contribution in [0.15, 0.2) is 78.8 Å². The molecule has 36 heavy (non-hydrogen) atoms. The number of hydrogen-bond acceptors (Lipinski definition) is 5. The highest BCUT2D eigenvalue weighted by molar-refractivity contribution is 5.95. The van der Waals surface area contributed by atoms with E-state index in [1.807, 2.05) is 0 Å². The molecule has 184 valence electrons. The number of hydrogen-bond donors (Lipinski definition) is 0. The fraction of sp³-hybridized carbons (Fsp3) is 0.214. The average molecular weight is 491 g/mol. The van der Waals surface area contributed by atoms with Crippen LogP contribution in [0.4, 0.5) is 8.78 Å². The number of ketones is 1. The van der Waals surface area contributed by atoms with Crippen molar-refractivity contribution in [3.63, 3.8) is 0 Å². The van der Waals surface area contributed by atoms with Crippen molar-refractivity contribution >= 4 is 11.7 Å². The van der Waals surface area contributed by atoms with E-state index in [0.717, 1.165) is 11.1 Å². The second-order valence-electron chi connectivity index (χ2n) is 8.75. The third-order valence-electron chi connectivity index (χ3n) is 6.41. The van der Waals surface area contributed by atoms with Crippen LogP contribution in [-0.4, -0.2) is 47.7 Å². The summed E-state index contributed by atoms with van der Waals surface area (Å²) in [7, 11) is 0. The van der Waals surface area contributed by atoms with Gasteiger partial charge in [0.2, 0.25) is 5.76 Å². The molecule has 0 radical (unpaired) electrons. The third-order valence-corrected chi connectivity index (χ3v) is 6.41. The zero-order valence-corrected chi connectivity index (χ0v) is 19.6. The van der Waals surface area contributed by atoms with Crippen molar-refractivity contribution in [2.24, 2.45) is 0 Å². The van der Waals surface area contributed by atoms with Crippen LogP contribution in [0.5, 0.6) is 11.5 Å². The van der Waals surface area contributed by atoms with Gasteiger partial charge in [0.1, 0.15) is 17.9 Å². The van der Waals surface area contributed by atoms with Crippen LogP contribution < -0.4 is 9.47 Å². The minimum atomic E-state index is -0.327. The summed E-state index contributed by atoms with van der Waals surface area (Å²) in [5.41, 5.74) is 2.23. The first-order chi connectivity index (χ1) is 17.4. The fourth-order valence-corrected chi connectivity index (χ4v) is 4.50. The Labute approximate surface area is 207 Å². The van der Waals surface area contributed by atoms with Crippen molar-refractivity contribution in [2.45, 2.75) is 13.0 Å². The normalized spacial score (nSPS) is 15.6. The number of piperazine rings is 1. The van der Waals surface area contributed by atoms with Crippen LogP contribution in [0, 0.1) is 11.6 Å². The van der Waals surface area contributed by atoms with Gasteiger partial charge in [-0.15, -0.1) is 0 Å². The van der Waals surface area contributed by atoms with Gasteiger partial charge in [0.25, 0.3) is 5.91 Å². The molecule has 3 aromatic carbocycles. The summed E-state index contributed by atoms with van der Waals surface area (Å²) in [5, 5.41) is 0. The standard InChI is InChI=1S/C28H24F2N2O4/c1-18(33)21-6-11-24-25(16-21)36-26(17-35-24)28(34)32-14-12-31(13-15-32)27(19-2-7-22(29)8-3-19)20-4-9-23(30)10-5-20/h2-11,16-17,27H,12-15H2,1H3. The van der Waals surface area contributed by atoms with E-state index in [-0.39, 0.29) is 35.1 Å². The predicted octanol–water partition coefficient (Wildman–Crippen LogP) is 4.71. The molecule has 2 heterocycles. The van der Waals surface area contributed by atoms with E-state index in [9.17, 15) is 18.4 Å². The first kappa shape index (κ1) is 23.7. The summed E-state index contributed by atoms with van der Waals surface area (Å²) < 4.78 is 38.5. The Kier molecular flexibility index (Phi) is 6.52. The lowest BCUT2D eigenvalue weighted by molar-refractivity contribution is -0.131. The summed E-state index contributed by atoms with van der Waals surface area (Å²) in [6, 6.07) is 17.2. The van der Waals surface area contributed by atoms with Gasteiger partial charge in [-0.2, -0.15) is 0 Å². The van der Waals surface area contributed by atoms with Gasteiger partial charge < -0.3 is 14.4 Å². The Morgan fingerprint density at radius 1 is 0.806 bits per heavy atom. The second kappa shape index (κ2) is 9.91. The number of Topliss-reactive ketones (excluding diaryl/α,β-unsaturated/α-hetero) is 1. The zero-order chi connectivity index (χ0) is 25.2. The van der Waals surface area contributed by atoms with Gasteiger partial charge in [-0.05, 0) is 60.5 Å². The first-order valence-electron chi connectivity index (χ1n) is 11.6. The highest BCUT2D eigenvalue weighted by Crippen LogP contribution is 2.35. The van der Waals surface area contributed by atoms with E-state index >= 15 is 0 Å². The number of rotatable bonds is 5. The zero-order valence-electron chi connectivity index (χ0n) is 19.6. The summed E-state index contributed by atoms with van der Waals surface area (Å²) >= 11 is 0. The summed E-state index contributed by atoms with van der Waals surface area (Å²) in [6.45, 7) is 3.41. The molecule has 5 rings (SSSR count). The smallest absolute Gasteiger partial charge is 0.292 e. The van der Waals surface area contributed by atoms with E-state index in [1.54, 1.807) is 47.4 Å². The van der Waals surface area contributed by atoms with Crippen LogP contribution >= 0.6 is 0 Å². The van der Waals surface area contributed by atoms with Crippen LogP contribution in [0.2, 0.25) is 0 Å². The van der Waals surface area contributed by atoms with Gasteiger partial charge in [0.15, 0.2) is 17.3 Å². The third kappa shape index (κ3) is 4.85. The molecule has 1 saturated heterocycles. The maximum atomic E-state index is 13.6. The van der Waals surface area contributed by atoms with E-state index < -0.39 is 0 Å². The van der Waals surface area contributed by atoms with E-state index in [1.165, 1.54) is 37.5 Å². The van der Waals surface area contributed by atoms with Gasteiger partial charge in [0.05, 0.1) is 6.04 Å². The van der Waals surface area contributed by atoms with Crippen LogP contribution in [0.3, 0.4) is 0 Å². The number of carbonyl (C=O) groups is 2. The quantitative estimate of drug-likeness (QED) is 0.485. The molecule has 6 nitrogen and oxygen atoms in total. The fourth-order valence-electron chi connectivity index (χ4n) is 4.50. The molecule has 0 aromatic heterocycles. The SMILES string of the molecule is CC(=O)c1ccc2c(c1)OC(C(=O)N1CCN(C(c3ccc(F)cc3)c3ccc(F)cc3)CC1)=CO2. The molecule has 3 aromatic rings. The Bertz CT molecular complexity index is 1270. The molecule has 0 atom stereocenters. The Hall–Kier alpha value is -4.04. The molecule has 0 spiro atoms. The van der Waals surface area contributed by atoms with Gasteiger partial charge in [-0.1, -0.05) is 24.3 Å². The minimum absolute atomic E-state index is 0.0465. The molecule has 8 heteroatoms. The van der Waals surface area contributed by atoms with Crippen molar-refractivity contribution < 1.29 is 27.8 Å². The van der Waals surface area contributed by atoms with Crippen LogP contribution in [0.25, 0.3) is 0 Å². The molecule has 0 saturated carbocycles. The van der Waals surface area contributed by atoms with Crippen LogP contribution in [0.1, 0.15) is 34.5 Å². The molecular weight excluding hydrogens is 466 g/mol. The topological polar surface area (TPSA) is 59.1 Å². The van der Waals surface area contributed by atoms with Gasteiger partial charge >= 0.3 is 0 Å². The van der Waals surface area contributed by atoms with E-state index in [2.05, 4.69) is 4.90 Å². The summed E-state index contributed by atoms with van der Waals surface area (Å²) in [6.07, 6.45) is 1.28. The van der Waals surface area contributed by atoms with Gasteiger partial charge in [0, 0.05) is 31.7 Å². The molecule has 0 bridgehead atoms. The number of carbonyl (C=O) groups excluding carboxylic acids is 2. The second-order valence-corrected chi connectivity index (χ2v) is 8.75. The number of nitrogens with zero attached hydrogens (tertiary/aromatic N) is 2. The highest BCUT2D eigenvalue weighted by atomic mass is 19.1. The predicted molar refractivity (Wildman–Crippen MR) is 129 cm³/mol. The summed E-state index contributed by atoms with van der Waals surface area (Å²) in [4.78, 5) is 28.7. The Morgan fingerprint density at radius 2 is 1.39 bits per heavy atom. The minimum Gasteiger partial charge on any atom is -0.457 e. The molecular formula is C28H24F2N2O4. The lowest BCUT2D eigenvalue weighted by atomic mass is 9.96. The Morgan fingerprint density at radius 3 is 1.94 bits per heavy atom. The van der Waals surface area contributed by atoms with Crippen molar-refractivity contribution in [1.29, 1.82) is 0 Å². The number of benzene rings is 3.